The van der Waals surface area contributed by atoms with Gasteiger partial charge >= 0.3 is 0 Å². The molecule has 4 nitrogen and oxygen atoms in total. The molecule has 1 saturated heterocycles. The number of ether oxygens (including phenoxy) is 1. The van der Waals surface area contributed by atoms with Gasteiger partial charge in [0.1, 0.15) is 5.75 Å². The summed E-state index contributed by atoms with van der Waals surface area (Å²) in [6, 6.07) is 5.47. The van der Waals surface area contributed by atoms with E-state index in [0.717, 1.165) is 24.4 Å². The minimum absolute atomic E-state index is 0.0232. The van der Waals surface area contributed by atoms with Crippen molar-refractivity contribution in [2.75, 3.05) is 26.7 Å². The van der Waals surface area contributed by atoms with Crippen LogP contribution in [0.3, 0.4) is 0 Å². The molecule has 1 aliphatic rings. The average Bonchev–Trinajstić information content (AvgIpc) is 2.38. The van der Waals surface area contributed by atoms with Crippen LogP contribution in [0.2, 0.25) is 5.02 Å². The van der Waals surface area contributed by atoms with E-state index in [-0.39, 0.29) is 11.9 Å². The van der Waals surface area contributed by atoms with Crippen LogP contribution >= 0.6 is 11.6 Å². The second kappa shape index (κ2) is 5.59. The van der Waals surface area contributed by atoms with Crippen molar-refractivity contribution in [2.24, 2.45) is 0 Å². The molecular formula is C13H17ClN2O2. The first kappa shape index (κ1) is 13.2. The van der Waals surface area contributed by atoms with Gasteiger partial charge in [-0.25, -0.2) is 0 Å². The van der Waals surface area contributed by atoms with Crippen LogP contribution in [0.5, 0.6) is 5.75 Å². The molecule has 0 saturated carbocycles. The van der Waals surface area contributed by atoms with Crippen LogP contribution in [0.1, 0.15) is 18.5 Å². The Labute approximate surface area is 112 Å². The van der Waals surface area contributed by atoms with Gasteiger partial charge in [-0.2, -0.15) is 0 Å². The lowest BCUT2D eigenvalue weighted by Gasteiger charge is -2.36. The Bertz CT molecular complexity index is 451. The molecule has 1 aromatic rings. The number of methoxy groups -OCH3 is 1. The number of benzene rings is 1. The topological polar surface area (TPSA) is 41.6 Å². The van der Waals surface area contributed by atoms with Crippen molar-refractivity contribution in [3.8, 4) is 5.75 Å². The van der Waals surface area contributed by atoms with Crippen LogP contribution in [-0.4, -0.2) is 37.6 Å². The molecule has 18 heavy (non-hydrogen) atoms. The van der Waals surface area contributed by atoms with E-state index in [1.165, 1.54) is 0 Å². The smallest absolute Gasteiger partial charge is 0.220 e. The normalized spacial score (nSPS) is 19.7. The number of carbonyl (C=O) groups excluding carboxylic acids is 1. The third kappa shape index (κ3) is 2.60. The zero-order valence-electron chi connectivity index (χ0n) is 10.6. The quantitative estimate of drug-likeness (QED) is 0.890. The van der Waals surface area contributed by atoms with Crippen LogP contribution in [0.25, 0.3) is 0 Å². The van der Waals surface area contributed by atoms with E-state index in [2.05, 4.69) is 5.32 Å². The van der Waals surface area contributed by atoms with Gasteiger partial charge in [0.15, 0.2) is 0 Å². The first-order valence-electron chi connectivity index (χ1n) is 5.95. The summed E-state index contributed by atoms with van der Waals surface area (Å²) < 4.78 is 5.36. The Morgan fingerprint density at radius 3 is 3.00 bits per heavy atom. The molecule has 0 aromatic heterocycles. The van der Waals surface area contributed by atoms with Gasteiger partial charge in [-0.15, -0.1) is 0 Å². The number of halogens is 1. The van der Waals surface area contributed by atoms with E-state index in [9.17, 15) is 4.79 Å². The third-order valence-electron chi connectivity index (χ3n) is 3.20. The highest BCUT2D eigenvalue weighted by atomic mass is 35.5. The van der Waals surface area contributed by atoms with Gasteiger partial charge in [0.2, 0.25) is 5.91 Å². The zero-order chi connectivity index (χ0) is 13.1. The molecular weight excluding hydrogens is 252 g/mol. The maximum Gasteiger partial charge on any atom is 0.220 e. The molecule has 1 unspecified atom stereocenters. The summed E-state index contributed by atoms with van der Waals surface area (Å²) in [6.45, 7) is 3.83. The molecule has 1 amide bonds. The first-order chi connectivity index (χ1) is 8.63. The summed E-state index contributed by atoms with van der Waals surface area (Å²) in [5, 5.41) is 3.95. The van der Waals surface area contributed by atoms with Crippen molar-refractivity contribution < 1.29 is 9.53 Å². The Kier molecular flexibility index (Phi) is 4.09. The fourth-order valence-corrected chi connectivity index (χ4v) is 2.51. The van der Waals surface area contributed by atoms with Crippen molar-refractivity contribution in [2.45, 2.75) is 13.0 Å². The minimum atomic E-state index is -0.0232. The Balaban J connectivity index is 2.38. The molecule has 1 N–H and O–H groups in total. The van der Waals surface area contributed by atoms with E-state index < -0.39 is 0 Å². The van der Waals surface area contributed by atoms with Crippen molar-refractivity contribution in [1.29, 1.82) is 0 Å². The standard InChI is InChI=1S/C13H17ClN2O2/c1-9(17)16-6-5-15-8-12(16)11-7-10(14)3-4-13(11)18-2/h3-4,7,12,15H,5-6,8H2,1-2H3. The van der Waals surface area contributed by atoms with Gasteiger partial charge in [0.05, 0.1) is 13.2 Å². The van der Waals surface area contributed by atoms with Gasteiger partial charge in [0, 0.05) is 37.1 Å². The second-order valence-corrected chi connectivity index (χ2v) is 4.76. The average molecular weight is 269 g/mol. The van der Waals surface area contributed by atoms with E-state index in [1.54, 1.807) is 20.1 Å². The van der Waals surface area contributed by atoms with Gasteiger partial charge in [-0.05, 0) is 18.2 Å². The highest BCUT2D eigenvalue weighted by Crippen LogP contribution is 2.32. The number of hydrogen-bond acceptors (Lipinski definition) is 3. The Morgan fingerprint density at radius 2 is 2.33 bits per heavy atom. The summed E-state index contributed by atoms with van der Waals surface area (Å²) in [5.74, 6) is 0.836. The largest absolute Gasteiger partial charge is 0.496 e. The van der Waals surface area contributed by atoms with Crippen LogP contribution < -0.4 is 10.1 Å². The number of nitrogens with zero attached hydrogens (tertiary/aromatic N) is 1. The zero-order valence-corrected chi connectivity index (χ0v) is 11.3. The minimum Gasteiger partial charge on any atom is -0.496 e. The van der Waals surface area contributed by atoms with E-state index in [4.69, 9.17) is 16.3 Å². The predicted molar refractivity (Wildman–Crippen MR) is 71.0 cm³/mol. The summed E-state index contributed by atoms with van der Waals surface area (Å²) in [5.41, 5.74) is 0.951. The number of carbonyl (C=O) groups is 1. The monoisotopic (exact) mass is 268 g/mol. The van der Waals surface area contributed by atoms with Crippen LogP contribution in [0.15, 0.2) is 18.2 Å². The van der Waals surface area contributed by atoms with Crippen molar-refractivity contribution in [1.82, 2.24) is 10.2 Å². The van der Waals surface area contributed by atoms with Gasteiger partial charge in [-0.3, -0.25) is 4.79 Å². The highest BCUT2D eigenvalue weighted by Gasteiger charge is 2.28. The maximum atomic E-state index is 11.7. The lowest BCUT2D eigenvalue weighted by molar-refractivity contribution is -0.132. The number of amides is 1. The van der Waals surface area contributed by atoms with Crippen LogP contribution in [0.4, 0.5) is 0 Å². The lowest BCUT2D eigenvalue weighted by atomic mass is 10.0. The number of hydrogen-bond donors (Lipinski definition) is 1. The van der Waals surface area contributed by atoms with Crippen molar-refractivity contribution in [3.05, 3.63) is 28.8 Å². The highest BCUT2D eigenvalue weighted by molar-refractivity contribution is 6.30. The van der Waals surface area contributed by atoms with Crippen LogP contribution in [-0.2, 0) is 4.79 Å². The number of rotatable bonds is 2. The SMILES string of the molecule is COc1ccc(Cl)cc1C1CNCCN1C(C)=O. The fraction of sp³-hybridized carbons (Fsp3) is 0.462. The number of nitrogens with one attached hydrogen (secondary N) is 1. The molecule has 1 aliphatic heterocycles. The summed E-state index contributed by atoms with van der Waals surface area (Å²) in [6.07, 6.45) is 0. The lowest BCUT2D eigenvalue weighted by Crippen LogP contribution is -2.48. The molecule has 1 fully saturated rings. The molecule has 1 heterocycles. The van der Waals surface area contributed by atoms with Gasteiger partial charge in [0.25, 0.3) is 0 Å². The molecule has 5 heteroatoms. The molecule has 0 aliphatic carbocycles. The van der Waals surface area contributed by atoms with Crippen LogP contribution in [0, 0.1) is 0 Å². The fourth-order valence-electron chi connectivity index (χ4n) is 2.32. The molecule has 1 aromatic carbocycles. The second-order valence-electron chi connectivity index (χ2n) is 4.32. The van der Waals surface area contributed by atoms with E-state index in [1.807, 2.05) is 17.0 Å². The summed E-state index contributed by atoms with van der Waals surface area (Å²) in [4.78, 5) is 13.5. The molecule has 2 rings (SSSR count). The maximum absolute atomic E-state index is 11.7. The molecule has 0 spiro atoms. The Hall–Kier alpha value is -1.26. The molecule has 0 radical (unpaired) electrons. The molecule has 98 valence electrons. The van der Waals surface area contributed by atoms with Crippen molar-refractivity contribution in [3.63, 3.8) is 0 Å². The summed E-state index contributed by atoms with van der Waals surface area (Å²) in [7, 11) is 1.63. The van der Waals surface area contributed by atoms with E-state index in [0.29, 0.717) is 11.6 Å². The Morgan fingerprint density at radius 1 is 1.56 bits per heavy atom. The summed E-state index contributed by atoms with van der Waals surface area (Å²) >= 11 is 6.04. The first-order valence-corrected chi connectivity index (χ1v) is 6.32. The molecule has 1 atom stereocenters. The van der Waals surface area contributed by atoms with Gasteiger partial charge < -0.3 is 15.0 Å². The third-order valence-corrected chi connectivity index (χ3v) is 3.43. The predicted octanol–water partition coefficient (Wildman–Crippen LogP) is 1.84. The van der Waals surface area contributed by atoms with E-state index >= 15 is 0 Å². The molecule has 0 bridgehead atoms. The van der Waals surface area contributed by atoms with Gasteiger partial charge in [-0.1, -0.05) is 11.6 Å². The van der Waals surface area contributed by atoms with Crippen molar-refractivity contribution >= 4 is 17.5 Å². The number of piperazine rings is 1.